The van der Waals surface area contributed by atoms with E-state index in [0.29, 0.717) is 13.0 Å². The van der Waals surface area contributed by atoms with Crippen LogP contribution in [0.4, 0.5) is 0 Å². The van der Waals surface area contributed by atoms with Gasteiger partial charge in [-0.05, 0) is 13.8 Å². The third-order valence-corrected chi connectivity index (χ3v) is 2.18. The van der Waals surface area contributed by atoms with E-state index in [1.54, 1.807) is 13.8 Å². The van der Waals surface area contributed by atoms with E-state index in [1.165, 1.54) is 0 Å². The minimum atomic E-state index is -0.646. The molecular formula is C9H16O4. The Hall–Kier alpha value is -0.450. The van der Waals surface area contributed by atoms with Crippen LogP contribution in [-0.2, 0) is 14.3 Å². The Labute approximate surface area is 77.8 Å². The van der Waals surface area contributed by atoms with Gasteiger partial charge < -0.3 is 19.4 Å². The molecule has 4 nitrogen and oxygen atoms in total. The predicted octanol–water partition coefficient (Wildman–Crippen LogP) is 0.335. The number of ether oxygens (including phenoxy) is 2. The van der Waals surface area contributed by atoms with E-state index >= 15 is 0 Å². The normalized spacial score (nSPS) is 32.8. The van der Waals surface area contributed by atoms with Crippen LogP contribution in [-0.4, -0.2) is 36.5 Å². The molecule has 1 rings (SSSR count). The van der Waals surface area contributed by atoms with Crippen LogP contribution in [0.5, 0.6) is 0 Å². The average Bonchev–Trinajstić information content (AvgIpc) is 2.08. The topological polar surface area (TPSA) is 55.8 Å². The van der Waals surface area contributed by atoms with E-state index in [2.05, 4.69) is 0 Å². The molecule has 1 N–H and O–H groups in total. The van der Waals surface area contributed by atoms with Crippen molar-refractivity contribution >= 4 is 6.29 Å². The maximum atomic E-state index is 10.3. The van der Waals surface area contributed by atoms with E-state index in [1.807, 2.05) is 0 Å². The third kappa shape index (κ3) is 2.76. The molecule has 0 amide bonds. The Morgan fingerprint density at radius 2 is 2.31 bits per heavy atom. The number of hydrogen-bond donors (Lipinski definition) is 1. The lowest BCUT2D eigenvalue weighted by Crippen LogP contribution is -2.47. The van der Waals surface area contributed by atoms with Crippen LogP contribution in [0, 0.1) is 5.92 Å². The summed E-state index contributed by atoms with van der Waals surface area (Å²) in [4.78, 5) is 10.3. The number of carbonyl (C=O) groups is 1. The zero-order valence-corrected chi connectivity index (χ0v) is 8.03. The molecule has 0 aromatic rings. The molecule has 2 atom stereocenters. The highest BCUT2D eigenvalue weighted by molar-refractivity contribution is 5.49. The van der Waals surface area contributed by atoms with Crippen molar-refractivity contribution < 1.29 is 19.4 Å². The SMILES string of the molecule is CC1(C)OC[C@H](CC=O)[C@H](CO)O1. The summed E-state index contributed by atoms with van der Waals surface area (Å²) >= 11 is 0. The van der Waals surface area contributed by atoms with Gasteiger partial charge in [0.1, 0.15) is 6.29 Å². The first-order chi connectivity index (χ1) is 6.09. The zero-order valence-electron chi connectivity index (χ0n) is 8.03. The van der Waals surface area contributed by atoms with Crippen molar-refractivity contribution in [3.8, 4) is 0 Å². The molecule has 1 aliphatic rings. The fourth-order valence-electron chi connectivity index (χ4n) is 1.44. The second kappa shape index (κ2) is 4.17. The van der Waals surface area contributed by atoms with Crippen LogP contribution in [0.15, 0.2) is 0 Å². The van der Waals surface area contributed by atoms with Gasteiger partial charge >= 0.3 is 0 Å². The van der Waals surface area contributed by atoms with Gasteiger partial charge in [0.25, 0.3) is 0 Å². The van der Waals surface area contributed by atoms with Crippen LogP contribution in [0.1, 0.15) is 20.3 Å². The van der Waals surface area contributed by atoms with E-state index in [-0.39, 0.29) is 18.6 Å². The molecule has 13 heavy (non-hydrogen) atoms. The molecular weight excluding hydrogens is 172 g/mol. The van der Waals surface area contributed by atoms with Gasteiger partial charge in [0, 0.05) is 12.3 Å². The highest BCUT2D eigenvalue weighted by atomic mass is 16.7. The number of hydrogen-bond acceptors (Lipinski definition) is 4. The largest absolute Gasteiger partial charge is 0.394 e. The Balaban J connectivity index is 2.55. The molecule has 0 aromatic carbocycles. The second-order valence-electron chi connectivity index (χ2n) is 3.71. The summed E-state index contributed by atoms with van der Waals surface area (Å²) in [6.07, 6.45) is 0.925. The molecule has 1 fully saturated rings. The summed E-state index contributed by atoms with van der Waals surface area (Å²) in [5.74, 6) is -0.664. The Morgan fingerprint density at radius 3 is 2.85 bits per heavy atom. The minimum Gasteiger partial charge on any atom is -0.394 e. The summed E-state index contributed by atoms with van der Waals surface area (Å²) in [5.41, 5.74) is 0. The maximum absolute atomic E-state index is 10.3. The van der Waals surface area contributed by atoms with E-state index < -0.39 is 5.79 Å². The molecule has 0 bridgehead atoms. The Morgan fingerprint density at radius 1 is 1.62 bits per heavy atom. The molecule has 4 heteroatoms. The summed E-state index contributed by atoms with van der Waals surface area (Å²) in [6.45, 7) is 4.00. The first-order valence-electron chi connectivity index (χ1n) is 4.45. The summed E-state index contributed by atoms with van der Waals surface area (Å²) in [7, 11) is 0. The second-order valence-corrected chi connectivity index (χ2v) is 3.71. The maximum Gasteiger partial charge on any atom is 0.163 e. The summed E-state index contributed by atoms with van der Waals surface area (Å²) in [6, 6.07) is 0. The Bertz CT molecular complexity index is 178. The van der Waals surface area contributed by atoms with Crippen LogP contribution in [0.3, 0.4) is 0 Å². The van der Waals surface area contributed by atoms with Crippen LogP contribution in [0.25, 0.3) is 0 Å². The van der Waals surface area contributed by atoms with Gasteiger partial charge in [-0.3, -0.25) is 0 Å². The predicted molar refractivity (Wildman–Crippen MR) is 46.2 cm³/mol. The molecule has 1 heterocycles. The summed E-state index contributed by atoms with van der Waals surface area (Å²) in [5, 5.41) is 9.02. The van der Waals surface area contributed by atoms with Gasteiger partial charge in [-0.2, -0.15) is 0 Å². The van der Waals surface area contributed by atoms with Crippen molar-refractivity contribution in [3.63, 3.8) is 0 Å². The first-order valence-corrected chi connectivity index (χ1v) is 4.45. The van der Waals surface area contributed by atoms with Crippen LogP contribution < -0.4 is 0 Å². The van der Waals surface area contributed by atoms with Gasteiger partial charge in [0.2, 0.25) is 0 Å². The molecule has 76 valence electrons. The van der Waals surface area contributed by atoms with Crippen LogP contribution >= 0.6 is 0 Å². The van der Waals surface area contributed by atoms with Crippen molar-refractivity contribution in [2.75, 3.05) is 13.2 Å². The highest BCUT2D eigenvalue weighted by Gasteiger charge is 2.35. The molecule has 0 aromatic heterocycles. The quantitative estimate of drug-likeness (QED) is 0.649. The van der Waals surface area contributed by atoms with Crippen molar-refractivity contribution in [2.24, 2.45) is 5.92 Å². The Kier molecular flexibility index (Phi) is 3.41. The molecule has 0 unspecified atom stereocenters. The van der Waals surface area contributed by atoms with Crippen molar-refractivity contribution in [2.45, 2.75) is 32.2 Å². The molecule has 0 radical (unpaired) electrons. The highest BCUT2D eigenvalue weighted by Crippen LogP contribution is 2.27. The van der Waals surface area contributed by atoms with E-state index in [4.69, 9.17) is 14.6 Å². The van der Waals surface area contributed by atoms with Crippen molar-refractivity contribution in [1.29, 1.82) is 0 Å². The number of aliphatic hydroxyl groups is 1. The first kappa shape index (κ1) is 10.6. The van der Waals surface area contributed by atoms with Crippen molar-refractivity contribution in [3.05, 3.63) is 0 Å². The molecule has 1 saturated heterocycles. The monoisotopic (exact) mass is 188 g/mol. The lowest BCUT2D eigenvalue weighted by Gasteiger charge is -2.39. The third-order valence-electron chi connectivity index (χ3n) is 2.18. The number of rotatable bonds is 3. The number of carbonyl (C=O) groups excluding carboxylic acids is 1. The van der Waals surface area contributed by atoms with Gasteiger partial charge in [-0.15, -0.1) is 0 Å². The number of aldehydes is 1. The minimum absolute atomic E-state index is 0.0180. The van der Waals surface area contributed by atoms with Gasteiger partial charge in [-0.1, -0.05) is 0 Å². The van der Waals surface area contributed by atoms with E-state index in [9.17, 15) is 4.79 Å². The van der Waals surface area contributed by atoms with Crippen molar-refractivity contribution in [1.82, 2.24) is 0 Å². The zero-order chi connectivity index (χ0) is 9.90. The smallest absolute Gasteiger partial charge is 0.163 e. The average molecular weight is 188 g/mol. The fourth-order valence-corrected chi connectivity index (χ4v) is 1.44. The number of aliphatic hydroxyl groups excluding tert-OH is 1. The van der Waals surface area contributed by atoms with Gasteiger partial charge in [-0.25, -0.2) is 0 Å². The fraction of sp³-hybridized carbons (Fsp3) is 0.889. The molecule has 1 aliphatic heterocycles. The lowest BCUT2D eigenvalue weighted by atomic mass is 9.99. The van der Waals surface area contributed by atoms with E-state index in [0.717, 1.165) is 6.29 Å². The lowest BCUT2D eigenvalue weighted by molar-refractivity contribution is -0.297. The summed E-state index contributed by atoms with van der Waals surface area (Å²) < 4.78 is 10.8. The molecule has 0 aliphatic carbocycles. The molecule has 0 saturated carbocycles. The van der Waals surface area contributed by atoms with Gasteiger partial charge in [0.05, 0.1) is 19.3 Å². The molecule has 0 spiro atoms. The van der Waals surface area contributed by atoms with Crippen LogP contribution in [0.2, 0.25) is 0 Å². The van der Waals surface area contributed by atoms with Gasteiger partial charge in [0.15, 0.2) is 5.79 Å². The standard InChI is InChI=1S/C9H16O4/c1-9(2)12-6-7(3-4-10)8(5-11)13-9/h4,7-8,11H,3,5-6H2,1-2H3/t7-,8-/m0/s1.